The average molecular weight is 403 g/mol. The molecule has 2 aromatic rings. The number of unbranched alkanes of at least 4 members (excludes halogenated alkanes) is 2. The van der Waals surface area contributed by atoms with Crippen molar-refractivity contribution in [3.8, 4) is 0 Å². The molecule has 1 aliphatic heterocycles. The van der Waals surface area contributed by atoms with Gasteiger partial charge >= 0.3 is 5.97 Å². The third-order valence-corrected chi connectivity index (χ3v) is 5.33. The van der Waals surface area contributed by atoms with Crippen LogP contribution in [0.5, 0.6) is 0 Å². The van der Waals surface area contributed by atoms with Crippen molar-refractivity contribution in [3.63, 3.8) is 0 Å². The number of carboxylic acid groups (broad SMARTS) is 1. The lowest BCUT2D eigenvalue weighted by Gasteiger charge is -2.39. The Hall–Kier alpha value is -2.38. The molecule has 1 saturated heterocycles. The van der Waals surface area contributed by atoms with E-state index in [2.05, 4.69) is 5.16 Å². The van der Waals surface area contributed by atoms with Gasteiger partial charge in [0.15, 0.2) is 5.76 Å². The number of nitrogens with zero attached hydrogens (tertiary/aromatic N) is 1. The summed E-state index contributed by atoms with van der Waals surface area (Å²) in [4.78, 5) is 16.6. The zero-order valence-corrected chi connectivity index (χ0v) is 17.2. The van der Waals surface area contributed by atoms with Gasteiger partial charge in [0.05, 0.1) is 12.7 Å². The molecule has 0 spiro atoms. The Morgan fingerprint density at radius 3 is 2.83 bits per heavy atom. The van der Waals surface area contributed by atoms with Gasteiger partial charge in [-0.1, -0.05) is 29.8 Å². The molecule has 1 aromatic heterocycles. The standard InChI is InChI=1S/C22H29NO6/c1-15(20-13-17-9-6-7-11-19(17)28-20)23-27-12-8-4-5-10-18-14-26-22(3,21(24)25)29-16(18)2/h6-7,9,11,13,16,18H,4-5,8,10,12,14H2,1-3H3,(H,24,25). The third-order valence-electron chi connectivity index (χ3n) is 5.33. The number of rotatable bonds is 9. The highest BCUT2D eigenvalue weighted by atomic mass is 16.7. The third kappa shape index (κ3) is 5.36. The molecule has 2 heterocycles. The topological polar surface area (TPSA) is 90.5 Å². The van der Waals surface area contributed by atoms with Gasteiger partial charge in [-0.15, -0.1) is 0 Å². The predicted octanol–water partition coefficient (Wildman–Crippen LogP) is 4.59. The summed E-state index contributed by atoms with van der Waals surface area (Å²) in [5.74, 6) is -1.69. The summed E-state index contributed by atoms with van der Waals surface area (Å²) in [6, 6.07) is 9.81. The van der Waals surface area contributed by atoms with Gasteiger partial charge in [0, 0.05) is 18.2 Å². The maximum absolute atomic E-state index is 11.2. The number of aliphatic carboxylic acids is 1. The van der Waals surface area contributed by atoms with Gasteiger partial charge in [-0.3, -0.25) is 0 Å². The summed E-state index contributed by atoms with van der Waals surface area (Å²) in [6.45, 7) is 6.18. The molecular weight excluding hydrogens is 374 g/mol. The highest BCUT2D eigenvalue weighted by Gasteiger charge is 2.43. The number of hydrogen-bond donors (Lipinski definition) is 1. The van der Waals surface area contributed by atoms with Crippen LogP contribution in [0.4, 0.5) is 0 Å². The molecule has 158 valence electrons. The van der Waals surface area contributed by atoms with Crippen LogP contribution < -0.4 is 0 Å². The Morgan fingerprint density at radius 2 is 2.10 bits per heavy atom. The lowest BCUT2D eigenvalue weighted by Crippen LogP contribution is -2.51. The van der Waals surface area contributed by atoms with Gasteiger partial charge in [0.2, 0.25) is 0 Å². The number of carboxylic acids is 1. The first-order valence-corrected chi connectivity index (χ1v) is 10.1. The quantitative estimate of drug-likeness (QED) is 0.374. The molecule has 7 heteroatoms. The SMILES string of the molecule is CC(=NOCCCCCC1COC(C)(C(=O)O)OC1C)c1cc2ccccc2o1. The molecule has 1 N–H and O–H groups in total. The van der Waals surface area contributed by atoms with E-state index >= 15 is 0 Å². The molecule has 29 heavy (non-hydrogen) atoms. The molecule has 1 fully saturated rings. The summed E-state index contributed by atoms with van der Waals surface area (Å²) in [6.07, 6.45) is 3.68. The van der Waals surface area contributed by atoms with Crippen LogP contribution in [0.15, 0.2) is 39.9 Å². The van der Waals surface area contributed by atoms with E-state index in [9.17, 15) is 4.79 Å². The van der Waals surface area contributed by atoms with Gasteiger partial charge in [0.25, 0.3) is 5.79 Å². The Labute approximate surface area is 170 Å². The van der Waals surface area contributed by atoms with Crippen molar-refractivity contribution in [2.24, 2.45) is 11.1 Å². The van der Waals surface area contributed by atoms with Gasteiger partial charge in [-0.05, 0) is 45.2 Å². The number of benzene rings is 1. The molecule has 0 aliphatic carbocycles. The van der Waals surface area contributed by atoms with Crippen LogP contribution in [0.2, 0.25) is 0 Å². The van der Waals surface area contributed by atoms with Crippen molar-refractivity contribution in [2.45, 2.75) is 58.3 Å². The molecule has 7 nitrogen and oxygen atoms in total. The normalized spacial score (nSPS) is 25.3. The maximum atomic E-state index is 11.2. The van der Waals surface area contributed by atoms with Crippen molar-refractivity contribution in [1.82, 2.24) is 0 Å². The second-order valence-electron chi connectivity index (χ2n) is 7.65. The predicted molar refractivity (Wildman–Crippen MR) is 109 cm³/mol. The van der Waals surface area contributed by atoms with Crippen LogP contribution >= 0.6 is 0 Å². The van der Waals surface area contributed by atoms with Crippen LogP contribution in [0.25, 0.3) is 11.0 Å². The Bertz CT molecular complexity index is 827. The molecule has 3 atom stereocenters. The molecule has 0 amide bonds. The van der Waals surface area contributed by atoms with E-state index in [0.717, 1.165) is 36.7 Å². The van der Waals surface area contributed by atoms with Gasteiger partial charge in [0.1, 0.15) is 17.9 Å². The number of ether oxygens (including phenoxy) is 2. The largest absolute Gasteiger partial charge is 0.477 e. The van der Waals surface area contributed by atoms with Crippen molar-refractivity contribution >= 4 is 22.7 Å². The van der Waals surface area contributed by atoms with Crippen LogP contribution in [-0.4, -0.2) is 41.9 Å². The average Bonchev–Trinajstić information content (AvgIpc) is 3.13. The lowest BCUT2D eigenvalue weighted by atomic mass is 9.95. The fourth-order valence-electron chi connectivity index (χ4n) is 3.41. The minimum Gasteiger partial charge on any atom is -0.477 e. The molecule has 3 rings (SSSR count). The van der Waals surface area contributed by atoms with Gasteiger partial charge in [-0.2, -0.15) is 0 Å². The van der Waals surface area contributed by atoms with E-state index in [0.29, 0.717) is 24.7 Å². The van der Waals surface area contributed by atoms with Crippen molar-refractivity contribution < 1.29 is 28.6 Å². The van der Waals surface area contributed by atoms with E-state index < -0.39 is 11.8 Å². The molecule has 0 bridgehead atoms. The lowest BCUT2D eigenvalue weighted by molar-refractivity contribution is -0.292. The van der Waals surface area contributed by atoms with Gasteiger partial charge in [-0.25, -0.2) is 4.79 Å². The summed E-state index contributed by atoms with van der Waals surface area (Å²) < 4.78 is 16.7. The molecule has 0 radical (unpaired) electrons. The second kappa shape index (κ2) is 9.41. The first-order valence-electron chi connectivity index (χ1n) is 10.1. The molecule has 1 aromatic carbocycles. The first-order chi connectivity index (χ1) is 13.9. The van der Waals surface area contributed by atoms with Crippen LogP contribution in [-0.2, 0) is 19.1 Å². The minimum absolute atomic E-state index is 0.142. The first kappa shape index (κ1) is 21.3. The van der Waals surface area contributed by atoms with E-state index in [1.54, 1.807) is 0 Å². The molecular formula is C22H29NO6. The minimum atomic E-state index is -1.53. The fourth-order valence-corrected chi connectivity index (χ4v) is 3.41. The second-order valence-corrected chi connectivity index (χ2v) is 7.65. The monoisotopic (exact) mass is 403 g/mol. The number of hydrogen-bond acceptors (Lipinski definition) is 6. The number of furan rings is 1. The zero-order valence-electron chi connectivity index (χ0n) is 17.2. The summed E-state index contributed by atoms with van der Waals surface area (Å²) in [7, 11) is 0. The number of para-hydroxylation sites is 1. The maximum Gasteiger partial charge on any atom is 0.364 e. The number of oxime groups is 1. The van der Waals surface area contributed by atoms with Crippen LogP contribution in [0.1, 0.15) is 52.2 Å². The summed E-state index contributed by atoms with van der Waals surface area (Å²) in [5, 5.41) is 14.4. The van der Waals surface area contributed by atoms with E-state index in [-0.39, 0.29) is 12.0 Å². The Kier molecular flexibility index (Phi) is 6.92. The van der Waals surface area contributed by atoms with Crippen molar-refractivity contribution in [3.05, 3.63) is 36.1 Å². The number of fused-ring (bicyclic) bond motifs is 1. The van der Waals surface area contributed by atoms with E-state index in [4.69, 9.17) is 23.8 Å². The van der Waals surface area contributed by atoms with E-state index in [1.807, 2.05) is 44.2 Å². The zero-order chi connectivity index (χ0) is 20.9. The molecule has 1 aliphatic rings. The van der Waals surface area contributed by atoms with Gasteiger partial charge < -0.3 is 23.8 Å². The van der Waals surface area contributed by atoms with Crippen molar-refractivity contribution in [1.29, 1.82) is 0 Å². The molecule has 0 saturated carbocycles. The van der Waals surface area contributed by atoms with E-state index in [1.165, 1.54) is 6.92 Å². The summed E-state index contributed by atoms with van der Waals surface area (Å²) in [5.41, 5.74) is 1.55. The van der Waals surface area contributed by atoms with Crippen molar-refractivity contribution in [2.75, 3.05) is 13.2 Å². The Balaban J connectivity index is 1.33. The fraction of sp³-hybridized carbons (Fsp3) is 0.545. The Morgan fingerprint density at radius 1 is 1.31 bits per heavy atom. The smallest absolute Gasteiger partial charge is 0.364 e. The summed E-state index contributed by atoms with van der Waals surface area (Å²) >= 11 is 0. The highest BCUT2D eigenvalue weighted by molar-refractivity contribution is 5.99. The molecule has 3 unspecified atom stereocenters. The van der Waals surface area contributed by atoms with Crippen LogP contribution in [0, 0.1) is 5.92 Å². The van der Waals surface area contributed by atoms with Crippen LogP contribution in [0.3, 0.4) is 0 Å². The highest BCUT2D eigenvalue weighted by Crippen LogP contribution is 2.29. The number of carbonyl (C=O) groups is 1.